The van der Waals surface area contributed by atoms with Crippen LogP contribution in [0.1, 0.15) is 11.3 Å². The number of aromatic nitrogens is 5. The zero-order valence-corrected chi connectivity index (χ0v) is 15.4. The first-order valence-electron chi connectivity index (χ1n) is 8.64. The Labute approximate surface area is 159 Å². The number of nitrogens with one attached hydrogen (secondary N) is 1. The third-order valence-corrected chi connectivity index (χ3v) is 4.97. The predicted molar refractivity (Wildman–Crippen MR) is 108 cm³/mol. The second-order valence-electron chi connectivity index (χ2n) is 6.39. The summed E-state index contributed by atoms with van der Waals surface area (Å²) in [6, 6.07) is 20.4. The summed E-state index contributed by atoms with van der Waals surface area (Å²) in [7, 11) is 0. The molecule has 0 atom stereocenters. The summed E-state index contributed by atoms with van der Waals surface area (Å²) >= 11 is 1.24. The van der Waals surface area contributed by atoms with E-state index in [1.165, 1.54) is 11.7 Å². The summed E-state index contributed by atoms with van der Waals surface area (Å²) in [5, 5.41) is 8.07. The fourth-order valence-electron chi connectivity index (χ4n) is 3.10. The van der Waals surface area contributed by atoms with Gasteiger partial charge in [-0.3, -0.25) is 0 Å². The maximum atomic E-state index is 4.76. The number of nitrogens with zero attached hydrogens (tertiary/aromatic N) is 5. The van der Waals surface area contributed by atoms with Gasteiger partial charge in [0.15, 0.2) is 5.65 Å². The molecule has 0 aliphatic carbocycles. The Kier molecular flexibility index (Phi) is 3.79. The molecule has 3 heterocycles. The van der Waals surface area contributed by atoms with E-state index in [2.05, 4.69) is 43.4 Å². The molecule has 132 valence electrons. The van der Waals surface area contributed by atoms with Gasteiger partial charge in [0.05, 0.1) is 23.1 Å². The van der Waals surface area contributed by atoms with Crippen LogP contribution in [-0.4, -0.2) is 23.3 Å². The van der Waals surface area contributed by atoms with Crippen LogP contribution >= 0.6 is 11.7 Å². The van der Waals surface area contributed by atoms with Gasteiger partial charge in [-0.1, -0.05) is 36.4 Å². The Morgan fingerprint density at radius 3 is 2.70 bits per heavy atom. The number of hydrogen-bond acceptors (Lipinski definition) is 6. The molecule has 0 aliphatic heterocycles. The van der Waals surface area contributed by atoms with Crippen molar-refractivity contribution in [3.63, 3.8) is 0 Å². The minimum absolute atomic E-state index is 0.666. The molecule has 0 saturated carbocycles. The zero-order valence-electron chi connectivity index (χ0n) is 14.6. The lowest BCUT2D eigenvalue weighted by atomic mass is 10.1. The fourth-order valence-corrected chi connectivity index (χ4v) is 3.62. The van der Waals surface area contributed by atoms with Gasteiger partial charge in [-0.05, 0) is 24.6 Å². The number of fused-ring (bicyclic) bond motifs is 2. The van der Waals surface area contributed by atoms with E-state index in [0.717, 1.165) is 45.0 Å². The van der Waals surface area contributed by atoms with Crippen molar-refractivity contribution in [2.45, 2.75) is 13.5 Å². The maximum absolute atomic E-state index is 4.76. The molecule has 6 nitrogen and oxygen atoms in total. The van der Waals surface area contributed by atoms with Crippen LogP contribution in [-0.2, 0) is 6.54 Å². The summed E-state index contributed by atoms with van der Waals surface area (Å²) in [6.45, 7) is 2.64. The first-order chi connectivity index (χ1) is 13.3. The summed E-state index contributed by atoms with van der Waals surface area (Å²) in [5.41, 5.74) is 6.77. The fraction of sp³-hybridized carbons (Fsp3) is 0.100. The van der Waals surface area contributed by atoms with Gasteiger partial charge in [0.25, 0.3) is 0 Å². The smallest absolute Gasteiger partial charge is 0.158 e. The molecule has 1 N–H and O–H groups in total. The second-order valence-corrected chi connectivity index (χ2v) is 6.92. The topological polar surface area (TPSA) is 68.0 Å². The SMILES string of the molecule is Cc1cc2nc(-c3ccccc3)cc(NCc3ccc4nsnc4c3)n2n1. The van der Waals surface area contributed by atoms with Gasteiger partial charge in [0, 0.05) is 24.2 Å². The van der Waals surface area contributed by atoms with Crippen molar-refractivity contribution in [1.82, 2.24) is 23.3 Å². The minimum atomic E-state index is 0.666. The van der Waals surface area contributed by atoms with Gasteiger partial charge < -0.3 is 5.32 Å². The van der Waals surface area contributed by atoms with E-state index >= 15 is 0 Å². The van der Waals surface area contributed by atoms with Crippen molar-refractivity contribution in [1.29, 1.82) is 0 Å². The van der Waals surface area contributed by atoms with E-state index in [1.54, 1.807) is 0 Å². The lowest BCUT2D eigenvalue weighted by Crippen LogP contribution is -2.06. The Bertz CT molecular complexity index is 1240. The van der Waals surface area contributed by atoms with Crippen molar-refractivity contribution < 1.29 is 0 Å². The van der Waals surface area contributed by atoms with Crippen molar-refractivity contribution in [3.8, 4) is 11.3 Å². The van der Waals surface area contributed by atoms with E-state index in [1.807, 2.05) is 47.8 Å². The maximum Gasteiger partial charge on any atom is 0.158 e. The van der Waals surface area contributed by atoms with Gasteiger partial charge >= 0.3 is 0 Å². The number of rotatable bonds is 4. The molecule has 0 radical (unpaired) electrons. The van der Waals surface area contributed by atoms with Crippen molar-refractivity contribution in [2.24, 2.45) is 0 Å². The number of benzene rings is 2. The van der Waals surface area contributed by atoms with E-state index in [-0.39, 0.29) is 0 Å². The zero-order chi connectivity index (χ0) is 18.2. The molecule has 0 bridgehead atoms. The molecular weight excluding hydrogens is 356 g/mol. The summed E-state index contributed by atoms with van der Waals surface area (Å²) in [4.78, 5) is 4.76. The average molecular weight is 372 g/mol. The van der Waals surface area contributed by atoms with Crippen LogP contribution < -0.4 is 5.32 Å². The molecule has 0 amide bonds. The van der Waals surface area contributed by atoms with E-state index in [4.69, 9.17) is 4.98 Å². The number of hydrogen-bond donors (Lipinski definition) is 1. The van der Waals surface area contributed by atoms with Gasteiger partial charge in [0.2, 0.25) is 0 Å². The number of aryl methyl sites for hydroxylation is 1. The normalized spacial score (nSPS) is 11.3. The molecule has 3 aromatic heterocycles. The predicted octanol–water partition coefficient (Wildman–Crippen LogP) is 4.32. The van der Waals surface area contributed by atoms with Crippen LogP contribution in [0.4, 0.5) is 5.82 Å². The Hall–Kier alpha value is -3.32. The highest BCUT2D eigenvalue weighted by atomic mass is 32.1. The third kappa shape index (κ3) is 3.02. The van der Waals surface area contributed by atoms with Crippen LogP contribution in [0.25, 0.3) is 27.9 Å². The first-order valence-corrected chi connectivity index (χ1v) is 9.37. The van der Waals surface area contributed by atoms with E-state index in [9.17, 15) is 0 Å². The van der Waals surface area contributed by atoms with Crippen LogP contribution in [0.3, 0.4) is 0 Å². The molecular formula is C20H16N6S. The Balaban J connectivity index is 1.52. The molecule has 5 aromatic rings. The Morgan fingerprint density at radius 1 is 0.963 bits per heavy atom. The number of anilines is 1. The Morgan fingerprint density at radius 2 is 1.81 bits per heavy atom. The van der Waals surface area contributed by atoms with Crippen molar-refractivity contribution in [3.05, 3.63) is 71.9 Å². The summed E-state index contributed by atoms with van der Waals surface area (Å²) in [5.74, 6) is 0.906. The largest absolute Gasteiger partial charge is 0.366 e. The molecule has 0 spiro atoms. The molecule has 0 unspecified atom stereocenters. The third-order valence-electron chi connectivity index (χ3n) is 4.41. The van der Waals surface area contributed by atoms with Crippen molar-refractivity contribution >= 4 is 34.2 Å². The van der Waals surface area contributed by atoms with Crippen LogP contribution in [0.2, 0.25) is 0 Å². The highest BCUT2D eigenvalue weighted by Gasteiger charge is 2.10. The highest BCUT2D eigenvalue weighted by molar-refractivity contribution is 7.00. The minimum Gasteiger partial charge on any atom is -0.366 e. The monoisotopic (exact) mass is 372 g/mol. The van der Waals surface area contributed by atoms with Gasteiger partial charge in [-0.2, -0.15) is 18.4 Å². The molecule has 0 saturated heterocycles. The van der Waals surface area contributed by atoms with Crippen molar-refractivity contribution in [2.75, 3.05) is 5.32 Å². The molecule has 27 heavy (non-hydrogen) atoms. The first kappa shape index (κ1) is 15.9. The lowest BCUT2D eigenvalue weighted by molar-refractivity contribution is 0.908. The van der Waals surface area contributed by atoms with Gasteiger partial charge in [-0.15, -0.1) is 0 Å². The molecule has 5 rings (SSSR count). The molecule has 0 aliphatic rings. The van der Waals surface area contributed by atoms with E-state index in [0.29, 0.717) is 6.54 Å². The standard InChI is InChI=1S/C20H16N6S/c1-13-9-20-22-17(15-5-3-2-4-6-15)11-19(26(20)23-13)21-12-14-7-8-16-18(10-14)25-27-24-16/h2-11,21H,12H2,1H3. The van der Waals surface area contributed by atoms with Gasteiger partial charge in [-0.25, -0.2) is 4.98 Å². The van der Waals surface area contributed by atoms with Crippen LogP contribution in [0.15, 0.2) is 60.7 Å². The molecule has 7 heteroatoms. The quantitative estimate of drug-likeness (QED) is 0.509. The van der Waals surface area contributed by atoms with Crippen LogP contribution in [0.5, 0.6) is 0 Å². The highest BCUT2D eigenvalue weighted by Crippen LogP contribution is 2.23. The average Bonchev–Trinajstić information content (AvgIpc) is 3.31. The van der Waals surface area contributed by atoms with Crippen LogP contribution in [0, 0.1) is 6.92 Å². The van der Waals surface area contributed by atoms with Gasteiger partial charge in [0.1, 0.15) is 16.9 Å². The van der Waals surface area contributed by atoms with E-state index < -0.39 is 0 Å². The summed E-state index contributed by atoms with van der Waals surface area (Å²) in [6.07, 6.45) is 0. The summed E-state index contributed by atoms with van der Waals surface area (Å²) < 4.78 is 10.4. The molecule has 2 aromatic carbocycles. The molecule has 0 fully saturated rings. The second kappa shape index (κ2) is 6.44. The lowest BCUT2D eigenvalue weighted by Gasteiger charge is -2.11.